The second-order valence-electron chi connectivity index (χ2n) is 5.15. The maximum absolute atomic E-state index is 14.1. The van der Waals surface area contributed by atoms with Crippen LogP contribution in [0.4, 0.5) is 8.78 Å². The zero-order valence-electron chi connectivity index (χ0n) is 12.2. The molecular formula is C17H19F2NO. The zero-order chi connectivity index (χ0) is 15.4. The number of benzene rings is 2. The molecule has 0 aliphatic rings. The van der Waals surface area contributed by atoms with Crippen molar-refractivity contribution < 1.29 is 13.5 Å². The number of ether oxygens (including phenoxy) is 1. The van der Waals surface area contributed by atoms with Gasteiger partial charge in [0.05, 0.1) is 0 Å². The average Bonchev–Trinajstić information content (AvgIpc) is 2.45. The van der Waals surface area contributed by atoms with Crippen molar-refractivity contribution in [1.29, 1.82) is 0 Å². The largest absolute Gasteiger partial charge is 0.454 e. The van der Waals surface area contributed by atoms with Gasteiger partial charge in [-0.15, -0.1) is 0 Å². The molecule has 112 valence electrons. The predicted molar refractivity (Wildman–Crippen MR) is 79.6 cm³/mol. The van der Waals surface area contributed by atoms with Crippen molar-refractivity contribution in [1.82, 2.24) is 0 Å². The molecule has 2 nitrogen and oxygen atoms in total. The number of rotatable bonds is 5. The lowest BCUT2D eigenvalue weighted by Crippen LogP contribution is -2.21. The Morgan fingerprint density at radius 1 is 1.10 bits per heavy atom. The van der Waals surface area contributed by atoms with E-state index in [0.29, 0.717) is 12.2 Å². The lowest BCUT2D eigenvalue weighted by molar-refractivity contribution is 0.435. The highest BCUT2D eigenvalue weighted by Gasteiger charge is 2.10. The molecule has 1 unspecified atom stereocenters. The first kappa shape index (κ1) is 15.4. The van der Waals surface area contributed by atoms with Gasteiger partial charge in [0.1, 0.15) is 11.6 Å². The van der Waals surface area contributed by atoms with E-state index in [1.807, 2.05) is 6.92 Å². The van der Waals surface area contributed by atoms with Crippen molar-refractivity contribution in [2.45, 2.75) is 32.7 Å². The number of halogens is 2. The van der Waals surface area contributed by atoms with E-state index >= 15 is 0 Å². The van der Waals surface area contributed by atoms with E-state index < -0.39 is 11.6 Å². The third-order valence-corrected chi connectivity index (χ3v) is 3.39. The van der Waals surface area contributed by atoms with Crippen molar-refractivity contribution in [2.75, 3.05) is 0 Å². The van der Waals surface area contributed by atoms with Gasteiger partial charge in [-0.25, -0.2) is 8.78 Å². The minimum atomic E-state index is -0.473. The Balaban J connectivity index is 2.19. The SMILES string of the molecule is CCC(N)Cc1ccc(Oc2cc(F)ccc2C)c(F)c1. The van der Waals surface area contributed by atoms with Crippen LogP contribution in [0.3, 0.4) is 0 Å². The van der Waals surface area contributed by atoms with Crippen molar-refractivity contribution in [3.8, 4) is 11.5 Å². The van der Waals surface area contributed by atoms with Crippen LogP contribution in [0.15, 0.2) is 36.4 Å². The number of aryl methyl sites for hydroxylation is 1. The molecule has 0 fully saturated rings. The highest BCUT2D eigenvalue weighted by molar-refractivity contribution is 5.39. The van der Waals surface area contributed by atoms with Crippen molar-refractivity contribution in [2.24, 2.45) is 5.73 Å². The fourth-order valence-corrected chi connectivity index (χ4v) is 2.00. The Labute approximate surface area is 123 Å². The van der Waals surface area contributed by atoms with Gasteiger partial charge in [-0.05, 0) is 49.1 Å². The van der Waals surface area contributed by atoms with Crippen LogP contribution in [-0.4, -0.2) is 6.04 Å². The molecule has 21 heavy (non-hydrogen) atoms. The fraction of sp³-hybridized carbons (Fsp3) is 0.294. The summed E-state index contributed by atoms with van der Waals surface area (Å²) in [6.45, 7) is 3.77. The molecule has 0 saturated heterocycles. The van der Waals surface area contributed by atoms with Crippen LogP contribution in [0.2, 0.25) is 0 Å². The van der Waals surface area contributed by atoms with Gasteiger partial charge in [0, 0.05) is 12.1 Å². The molecule has 2 rings (SSSR count). The first-order valence-corrected chi connectivity index (χ1v) is 6.97. The molecular weight excluding hydrogens is 272 g/mol. The van der Waals surface area contributed by atoms with E-state index in [4.69, 9.17) is 10.5 Å². The highest BCUT2D eigenvalue weighted by Crippen LogP contribution is 2.28. The summed E-state index contributed by atoms with van der Waals surface area (Å²) in [5.41, 5.74) is 7.43. The molecule has 0 bridgehead atoms. The second kappa shape index (κ2) is 6.68. The van der Waals surface area contributed by atoms with Gasteiger partial charge >= 0.3 is 0 Å². The van der Waals surface area contributed by atoms with Crippen LogP contribution < -0.4 is 10.5 Å². The number of hydrogen-bond donors (Lipinski definition) is 1. The van der Waals surface area contributed by atoms with E-state index in [9.17, 15) is 8.78 Å². The molecule has 2 aromatic rings. The summed E-state index contributed by atoms with van der Waals surface area (Å²) in [6, 6.07) is 8.95. The Morgan fingerprint density at radius 2 is 1.86 bits per heavy atom. The zero-order valence-corrected chi connectivity index (χ0v) is 12.2. The molecule has 0 heterocycles. The highest BCUT2D eigenvalue weighted by atomic mass is 19.1. The smallest absolute Gasteiger partial charge is 0.165 e. The first-order valence-electron chi connectivity index (χ1n) is 6.97. The molecule has 0 amide bonds. The Bertz CT molecular complexity index is 628. The third kappa shape index (κ3) is 4.02. The summed E-state index contributed by atoms with van der Waals surface area (Å²) in [5.74, 6) is -0.495. The van der Waals surface area contributed by atoms with Crippen LogP contribution in [0.1, 0.15) is 24.5 Å². The molecule has 2 aromatic carbocycles. The molecule has 1 atom stereocenters. The quantitative estimate of drug-likeness (QED) is 0.889. The standard InChI is InChI=1S/C17H19F2NO/c1-3-14(20)8-12-5-7-16(15(19)9-12)21-17-10-13(18)6-4-11(17)2/h4-7,9-10,14H,3,8,20H2,1-2H3. The van der Waals surface area contributed by atoms with Gasteiger partial charge in [-0.2, -0.15) is 0 Å². The minimum Gasteiger partial charge on any atom is -0.454 e. The summed E-state index contributed by atoms with van der Waals surface area (Å²) >= 11 is 0. The molecule has 0 radical (unpaired) electrons. The van der Waals surface area contributed by atoms with Crippen LogP contribution in [0.25, 0.3) is 0 Å². The van der Waals surface area contributed by atoms with E-state index in [0.717, 1.165) is 17.5 Å². The lowest BCUT2D eigenvalue weighted by Gasteiger charge is -2.12. The molecule has 0 aliphatic carbocycles. The summed E-state index contributed by atoms with van der Waals surface area (Å²) in [7, 11) is 0. The topological polar surface area (TPSA) is 35.2 Å². The van der Waals surface area contributed by atoms with Crippen LogP contribution in [0, 0.1) is 18.6 Å². The second-order valence-corrected chi connectivity index (χ2v) is 5.15. The fourth-order valence-electron chi connectivity index (χ4n) is 2.00. The lowest BCUT2D eigenvalue weighted by atomic mass is 10.0. The number of nitrogens with two attached hydrogens (primary N) is 1. The van der Waals surface area contributed by atoms with Gasteiger partial charge in [0.25, 0.3) is 0 Å². The molecule has 0 spiro atoms. The maximum atomic E-state index is 14.1. The molecule has 0 aliphatic heterocycles. The first-order chi connectivity index (χ1) is 9.99. The van der Waals surface area contributed by atoms with Gasteiger partial charge in [-0.3, -0.25) is 0 Å². The molecule has 0 saturated carbocycles. The van der Waals surface area contributed by atoms with Crippen LogP contribution >= 0.6 is 0 Å². The monoisotopic (exact) mass is 291 g/mol. The Morgan fingerprint density at radius 3 is 2.52 bits per heavy atom. The van der Waals surface area contributed by atoms with Crippen molar-refractivity contribution >= 4 is 0 Å². The third-order valence-electron chi connectivity index (χ3n) is 3.39. The summed E-state index contributed by atoms with van der Waals surface area (Å²) < 4.78 is 32.7. The Kier molecular flexibility index (Phi) is 4.91. The van der Waals surface area contributed by atoms with Crippen molar-refractivity contribution in [3.05, 3.63) is 59.2 Å². The number of hydrogen-bond acceptors (Lipinski definition) is 2. The normalized spacial score (nSPS) is 12.2. The Hall–Kier alpha value is -1.94. The maximum Gasteiger partial charge on any atom is 0.165 e. The van der Waals surface area contributed by atoms with E-state index in [2.05, 4.69) is 0 Å². The summed E-state index contributed by atoms with van der Waals surface area (Å²) in [6.07, 6.45) is 1.45. The van der Waals surface area contributed by atoms with E-state index in [-0.39, 0.29) is 11.8 Å². The molecule has 2 N–H and O–H groups in total. The molecule has 4 heteroatoms. The van der Waals surface area contributed by atoms with Crippen molar-refractivity contribution in [3.63, 3.8) is 0 Å². The predicted octanol–water partition coefficient (Wildman–Crippen LogP) is 4.35. The van der Waals surface area contributed by atoms with Gasteiger partial charge in [0.2, 0.25) is 0 Å². The average molecular weight is 291 g/mol. The van der Waals surface area contributed by atoms with Gasteiger partial charge in [0.15, 0.2) is 11.6 Å². The van der Waals surface area contributed by atoms with E-state index in [1.165, 1.54) is 18.2 Å². The molecule has 0 aromatic heterocycles. The minimum absolute atomic E-state index is 0.0154. The summed E-state index contributed by atoms with van der Waals surface area (Å²) in [4.78, 5) is 0. The van der Waals surface area contributed by atoms with Gasteiger partial charge < -0.3 is 10.5 Å². The summed E-state index contributed by atoms with van der Waals surface area (Å²) in [5, 5.41) is 0. The van der Waals surface area contributed by atoms with Gasteiger partial charge in [-0.1, -0.05) is 19.1 Å². The van der Waals surface area contributed by atoms with Crippen LogP contribution in [0.5, 0.6) is 11.5 Å². The van der Waals surface area contributed by atoms with Crippen LogP contribution in [-0.2, 0) is 6.42 Å². The van der Waals surface area contributed by atoms with E-state index in [1.54, 1.807) is 25.1 Å².